The minimum absolute atomic E-state index is 0.0785. The molecular formula is C18H20O. The Balaban J connectivity index is 2.46. The third kappa shape index (κ3) is 2.70. The van der Waals surface area contributed by atoms with Crippen LogP contribution in [0.15, 0.2) is 61.2 Å². The summed E-state index contributed by atoms with van der Waals surface area (Å²) in [5.41, 5.74) is 3.32. The van der Waals surface area contributed by atoms with Crippen molar-refractivity contribution in [1.82, 2.24) is 0 Å². The molecule has 19 heavy (non-hydrogen) atoms. The summed E-state index contributed by atoms with van der Waals surface area (Å²) in [6, 6.07) is 16.3. The quantitative estimate of drug-likeness (QED) is 0.797. The standard InChI is InChI=1S/C18H20O/c1-4-8-14-13-16(11-12-17(14)19)18(2,3)15-9-6-5-7-10-15/h4-7,9-13,19H,1,8H2,2-3H3. The van der Waals surface area contributed by atoms with E-state index in [-0.39, 0.29) is 5.41 Å². The van der Waals surface area contributed by atoms with Crippen molar-refractivity contribution in [2.75, 3.05) is 0 Å². The van der Waals surface area contributed by atoms with Gasteiger partial charge in [0.15, 0.2) is 0 Å². The molecule has 0 atom stereocenters. The summed E-state index contributed by atoms with van der Waals surface area (Å²) in [6.07, 6.45) is 2.50. The van der Waals surface area contributed by atoms with Crippen molar-refractivity contribution in [3.8, 4) is 5.75 Å². The van der Waals surface area contributed by atoms with Gasteiger partial charge in [-0.05, 0) is 29.2 Å². The van der Waals surface area contributed by atoms with Crippen molar-refractivity contribution in [1.29, 1.82) is 0 Å². The van der Waals surface area contributed by atoms with E-state index in [0.29, 0.717) is 12.2 Å². The zero-order valence-corrected chi connectivity index (χ0v) is 11.6. The van der Waals surface area contributed by atoms with Crippen LogP contribution in [0.3, 0.4) is 0 Å². The van der Waals surface area contributed by atoms with Gasteiger partial charge in [0.1, 0.15) is 5.75 Å². The van der Waals surface area contributed by atoms with Gasteiger partial charge in [-0.3, -0.25) is 0 Å². The van der Waals surface area contributed by atoms with Crippen LogP contribution in [0.25, 0.3) is 0 Å². The molecule has 1 heteroatoms. The topological polar surface area (TPSA) is 20.2 Å². The summed E-state index contributed by atoms with van der Waals surface area (Å²) in [5, 5.41) is 9.85. The van der Waals surface area contributed by atoms with Crippen molar-refractivity contribution >= 4 is 0 Å². The van der Waals surface area contributed by atoms with Crippen LogP contribution in [0.1, 0.15) is 30.5 Å². The highest BCUT2D eigenvalue weighted by Crippen LogP contribution is 2.33. The van der Waals surface area contributed by atoms with Crippen LogP contribution in [-0.4, -0.2) is 5.11 Å². The number of phenolic OH excluding ortho intramolecular Hbond substituents is 1. The molecule has 1 N–H and O–H groups in total. The molecule has 2 aromatic carbocycles. The molecule has 2 rings (SSSR count). The fraction of sp³-hybridized carbons (Fsp3) is 0.222. The molecular weight excluding hydrogens is 232 g/mol. The monoisotopic (exact) mass is 252 g/mol. The van der Waals surface area contributed by atoms with Crippen molar-refractivity contribution in [3.63, 3.8) is 0 Å². The van der Waals surface area contributed by atoms with Gasteiger partial charge in [0, 0.05) is 5.41 Å². The van der Waals surface area contributed by atoms with Crippen molar-refractivity contribution < 1.29 is 5.11 Å². The Morgan fingerprint density at radius 3 is 2.37 bits per heavy atom. The zero-order valence-electron chi connectivity index (χ0n) is 11.6. The predicted molar refractivity (Wildman–Crippen MR) is 80.6 cm³/mol. The number of benzene rings is 2. The normalized spacial score (nSPS) is 11.3. The van der Waals surface area contributed by atoms with E-state index in [1.54, 1.807) is 6.07 Å². The fourth-order valence-electron chi connectivity index (χ4n) is 2.31. The Morgan fingerprint density at radius 1 is 1.05 bits per heavy atom. The second-order valence-electron chi connectivity index (χ2n) is 5.33. The maximum absolute atomic E-state index is 9.85. The highest BCUT2D eigenvalue weighted by Gasteiger charge is 2.23. The lowest BCUT2D eigenvalue weighted by Gasteiger charge is -2.26. The Bertz CT molecular complexity index is 567. The summed E-state index contributed by atoms with van der Waals surface area (Å²) >= 11 is 0. The van der Waals surface area contributed by atoms with Gasteiger partial charge in [-0.2, -0.15) is 0 Å². The van der Waals surface area contributed by atoms with Gasteiger partial charge in [-0.15, -0.1) is 6.58 Å². The van der Waals surface area contributed by atoms with E-state index in [0.717, 1.165) is 5.56 Å². The Kier molecular flexibility index (Phi) is 3.75. The average Bonchev–Trinajstić information content (AvgIpc) is 2.42. The molecule has 2 aromatic rings. The maximum atomic E-state index is 9.85. The SMILES string of the molecule is C=CCc1cc(C(C)(C)c2ccccc2)ccc1O. The molecule has 0 saturated carbocycles. The molecule has 0 heterocycles. The third-order valence-corrected chi connectivity index (χ3v) is 3.66. The minimum atomic E-state index is -0.0785. The molecule has 0 saturated heterocycles. The van der Waals surface area contributed by atoms with Crippen LogP contribution in [-0.2, 0) is 11.8 Å². The van der Waals surface area contributed by atoms with E-state index < -0.39 is 0 Å². The first kappa shape index (κ1) is 13.4. The first-order valence-corrected chi connectivity index (χ1v) is 6.54. The third-order valence-electron chi connectivity index (χ3n) is 3.66. The summed E-state index contributed by atoms with van der Waals surface area (Å²) < 4.78 is 0. The van der Waals surface area contributed by atoms with Gasteiger partial charge >= 0.3 is 0 Å². The van der Waals surface area contributed by atoms with Crippen molar-refractivity contribution in [2.24, 2.45) is 0 Å². The van der Waals surface area contributed by atoms with Crippen LogP contribution in [0.2, 0.25) is 0 Å². The Labute approximate surface area is 115 Å². The fourth-order valence-corrected chi connectivity index (χ4v) is 2.31. The highest BCUT2D eigenvalue weighted by molar-refractivity contribution is 5.44. The van der Waals surface area contributed by atoms with Gasteiger partial charge in [0.05, 0.1) is 0 Å². The smallest absolute Gasteiger partial charge is 0.119 e. The first-order valence-electron chi connectivity index (χ1n) is 6.54. The molecule has 0 aliphatic rings. The van der Waals surface area contributed by atoms with E-state index in [4.69, 9.17) is 0 Å². The molecule has 0 spiro atoms. The van der Waals surface area contributed by atoms with Gasteiger partial charge in [-0.25, -0.2) is 0 Å². The summed E-state index contributed by atoms with van der Waals surface area (Å²) in [6.45, 7) is 8.14. The number of hydrogen-bond donors (Lipinski definition) is 1. The molecule has 0 aromatic heterocycles. The molecule has 0 amide bonds. The van der Waals surface area contributed by atoms with Crippen LogP contribution in [0, 0.1) is 0 Å². The van der Waals surface area contributed by atoms with E-state index in [9.17, 15) is 5.11 Å². The van der Waals surface area contributed by atoms with Crippen molar-refractivity contribution in [3.05, 3.63) is 77.9 Å². The molecule has 98 valence electrons. The number of hydrogen-bond acceptors (Lipinski definition) is 1. The lowest BCUT2D eigenvalue weighted by Crippen LogP contribution is -2.18. The molecule has 0 bridgehead atoms. The maximum Gasteiger partial charge on any atom is 0.119 e. The van der Waals surface area contributed by atoms with Crippen LogP contribution in [0.5, 0.6) is 5.75 Å². The van der Waals surface area contributed by atoms with Gasteiger partial charge in [-0.1, -0.05) is 62.4 Å². The molecule has 0 radical (unpaired) electrons. The van der Waals surface area contributed by atoms with E-state index in [1.165, 1.54) is 11.1 Å². The Morgan fingerprint density at radius 2 is 1.74 bits per heavy atom. The number of phenols is 1. The van der Waals surface area contributed by atoms with Gasteiger partial charge in [0.25, 0.3) is 0 Å². The first-order chi connectivity index (χ1) is 9.05. The van der Waals surface area contributed by atoms with Crippen LogP contribution in [0.4, 0.5) is 0 Å². The average molecular weight is 252 g/mol. The number of aromatic hydroxyl groups is 1. The molecule has 1 nitrogen and oxygen atoms in total. The summed E-state index contributed by atoms with van der Waals surface area (Å²) in [5.74, 6) is 0.340. The zero-order chi connectivity index (χ0) is 13.9. The van der Waals surface area contributed by atoms with E-state index >= 15 is 0 Å². The lowest BCUT2D eigenvalue weighted by molar-refractivity contribution is 0.468. The predicted octanol–water partition coefficient (Wildman–Crippen LogP) is 4.45. The minimum Gasteiger partial charge on any atom is -0.508 e. The van der Waals surface area contributed by atoms with E-state index in [2.05, 4.69) is 50.8 Å². The lowest BCUT2D eigenvalue weighted by atomic mass is 9.77. The number of allylic oxidation sites excluding steroid dienone is 1. The molecule has 0 unspecified atom stereocenters. The molecule has 0 aliphatic heterocycles. The summed E-state index contributed by atoms with van der Waals surface area (Å²) in [7, 11) is 0. The second-order valence-corrected chi connectivity index (χ2v) is 5.33. The van der Waals surface area contributed by atoms with Crippen LogP contribution < -0.4 is 0 Å². The van der Waals surface area contributed by atoms with Gasteiger partial charge in [0.2, 0.25) is 0 Å². The largest absolute Gasteiger partial charge is 0.508 e. The number of rotatable bonds is 4. The van der Waals surface area contributed by atoms with E-state index in [1.807, 2.05) is 18.2 Å². The highest BCUT2D eigenvalue weighted by atomic mass is 16.3. The van der Waals surface area contributed by atoms with Crippen LogP contribution >= 0.6 is 0 Å². The molecule has 0 fully saturated rings. The second kappa shape index (κ2) is 5.31. The van der Waals surface area contributed by atoms with Crippen molar-refractivity contribution in [2.45, 2.75) is 25.7 Å². The van der Waals surface area contributed by atoms with Gasteiger partial charge < -0.3 is 5.11 Å². The summed E-state index contributed by atoms with van der Waals surface area (Å²) in [4.78, 5) is 0. The molecule has 0 aliphatic carbocycles. The Hall–Kier alpha value is -2.02.